The number of ether oxygens (including phenoxy) is 2. The Hall–Kier alpha value is -2.37. The monoisotopic (exact) mass is 441 g/mol. The number of hydrogen-bond donors (Lipinski definition) is 1. The molecule has 0 unspecified atom stereocenters. The second kappa shape index (κ2) is 12.6. The Kier molecular flexibility index (Phi) is 9.57. The molecule has 7 nitrogen and oxygen atoms in total. The lowest BCUT2D eigenvalue weighted by Gasteiger charge is -2.28. The molecule has 1 N–H and O–H groups in total. The van der Waals surface area contributed by atoms with Crippen LogP contribution in [0.1, 0.15) is 32.3 Å². The van der Waals surface area contributed by atoms with E-state index in [1.165, 1.54) is 0 Å². The van der Waals surface area contributed by atoms with Crippen LogP contribution in [-0.2, 0) is 16.0 Å². The van der Waals surface area contributed by atoms with Gasteiger partial charge in [-0.3, -0.25) is 4.90 Å². The van der Waals surface area contributed by atoms with Crippen LogP contribution in [0.3, 0.4) is 0 Å². The van der Waals surface area contributed by atoms with Crippen molar-refractivity contribution in [1.29, 1.82) is 0 Å². The smallest absolute Gasteiger partial charge is 0.232 e. The number of rotatable bonds is 13. The van der Waals surface area contributed by atoms with Gasteiger partial charge in [-0.1, -0.05) is 41.4 Å². The molecule has 1 aliphatic heterocycles. The van der Waals surface area contributed by atoms with Crippen molar-refractivity contribution in [2.75, 3.05) is 50.9 Å². The molecule has 0 amide bonds. The average Bonchev–Trinajstić information content (AvgIpc) is 3.46. The summed E-state index contributed by atoms with van der Waals surface area (Å²) in [6.45, 7) is 8.80. The molecule has 3 rings (SSSR count). The van der Waals surface area contributed by atoms with Crippen molar-refractivity contribution in [3.8, 4) is 23.6 Å². The molecule has 0 aliphatic carbocycles. The minimum absolute atomic E-state index is 0.158. The van der Waals surface area contributed by atoms with Crippen molar-refractivity contribution in [2.24, 2.45) is 0 Å². The highest BCUT2D eigenvalue weighted by Crippen LogP contribution is 2.32. The van der Waals surface area contributed by atoms with E-state index in [1.807, 2.05) is 30.3 Å². The number of benzene rings is 1. The van der Waals surface area contributed by atoms with E-state index in [2.05, 4.69) is 34.7 Å². The van der Waals surface area contributed by atoms with Gasteiger partial charge in [-0.05, 0) is 26.7 Å². The molecular weight excluding hydrogens is 406 g/mol. The van der Waals surface area contributed by atoms with E-state index in [9.17, 15) is 5.11 Å². The molecule has 174 valence electrons. The SMILES string of the molecule is C#CCOC[C@@H](O)CN(Cc1c(-c2ccccc2)noc1N(CC)CC)C[C@@H]1CCCO1. The molecule has 1 aromatic carbocycles. The first-order chi connectivity index (χ1) is 15.7. The summed E-state index contributed by atoms with van der Waals surface area (Å²) in [6.07, 6.45) is 6.85. The van der Waals surface area contributed by atoms with Crippen molar-refractivity contribution in [2.45, 2.75) is 45.4 Å². The van der Waals surface area contributed by atoms with E-state index >= 15 is 0 Å². The van der Waals surface area contributed by atoms with E-state index < -0.39 is 6.10 Å². The zero-order chi connectivity index (χ0) is 22.8. The van der Waals surface area contributed by atoms with Crippen LogP contribution in [0.2, 0.25) is 0 Å². The van der Waals surface area contributed by atoms with Gasteiger partial charge in [0, 0.05) is 44.9 Å². The Morgan fingerprint density at radius 3 is 2.72 bits per heavy atom. The van der Waals surface area contributed by atoms with Gasteiger partial charge in [-0.15, -0.1) is 6.42 Å². The van der Waals surface area contributed by atoms with Gasteiger partial charge in [-0.2, -0.15) is 0 Å². The second-order valence-electron chi connectivity index (χ2n) is 8.06. The van der Waals surface area contributed by atoms with Crippen LogP contribution in [0.5, 0.6) is 0 Å². The Morgan fingerprint density at radius 2 is 2.06 bits per heavy atom. The predicted molar refractivity (Wildman–Crippen MR) is 125 cm³/mol. The van der Waals surface area contributed by atoms with E-state index in [0.717, 1.165) is 61.8 Å². The third kappa shape index (κ3) is 6.57. The fraction of sp³-hybridized carbons (Fsp3) is 0.560. The van der Waals surface area contributed by atoms with Crippen molar-refractivity contribution < 1.29 is 19.1 Å². The summed E-state index contributed by atoms with van der Waals surface area (Å²) in [5.41, 5.74) is 2.87. The van der Waals surface area contributed by atoms with Gasteiger partial charge in [0.2, 0.25) is 5.88 Å². The lowest BCUT2D eigenvalue weighted by molar-refractivity contribution is 0.00958. The molecule has 1 saturated heterocycles. The van der Waals surface area contributed by atoms with Gasteiger partial charge in [0.25, 0.3) is 0 Å². The predicted octanol–water partition coefficient (Wildman–Crippen LogP) is 3.18. The van der Waals surface area contributed by atoms with E-state index in [0.29, 0.717) is 13.1 Å². The van der Waals surface area contributed by atoms with Gasteiger partial charge in [0.1, 0.15) is 12.3 Å². The highest BCUT2D eigenvalue weighted by Gasteiger charge is 2.27. The molecule has 0 spiro atoms. The van der Waals surface area contributed by atoms with Crippen molar-refractivity contribution >= 4 is 5.88 Å². The number of aliphatic hydroxyl groups excluding tert-OH is 1. The topological polar surface area (TPSA) is 71.2 Å². The van der Waals surface area contributed by atoms with Crippen LogP contribution in [-0.4, -0.2) is 73.4 Å². The van der Waals surface area contributed by atoms with Gasteiger partial charge in [0.05, 0.1) is 24.4 Å². The standard InChI is InChI=1S/C25H35N3O4/c1-4-14-30-19-21(29)16-27(17-22-13-10-15-31-22)18-23-24(20-11-8-7-9-12-20)26-32-25(23)28(5-2)6-3/h1,7-9,11-12,21-22,29H,5-6,10,13-19H2,2-3H3/t21-,22-/m0/s1. The lowest BCUT2D eigenvalue weighted by Crippen LogP contribution is -2.39. The van der Waals surface area contributed by atoms with Crippen LogP contribution in [0.4, 0.5) is 5.88 Å². The van der Waals surface area contributed by atoms with Crippen LogP contribution in [0.15, 0.2) is 34.9 Å². The Morgan fingerprint density at radius 1 is 1.28 bits per heavy atom. The summed E-state index contributed by atoms with van der Waals surface area (Å²) >= 11 is 0. The molecule has 0 saturated carbocycles. The zero-order valence-electron chi connectivity index (χ0n) is 19.2. The quantitative estimate of drug-likeness (QED) is 0.378. The fourth-order valence-corrected chi connectivity index (χ4v) is 4.13. The first-order valence-electron chi connectivity index (χ1n) is 11.5. The molecule has 2 aromatic rings. The zero-order valence-corrected chi connectivity index (χ0v) is 19.2. The number of nitrogens with zero attached hydrogens (tertiary/aromatic N) is 3. The summed E-state index contributed by atoms with van der Waals surface area (Å²) in [5, 5.41) is 15.0. The maximum absolute atomic E-state index is 10.6. The molecule has 1 aliphatic rings. The second-order valence-corrected chi connectivity index (χ2v) is 8.06. The maximum Gasteiger partial charge on any atom is 0.232 e. The number of terminal acetylenes is 1. The average molecular weight is 442 g/mol. The van der Waals surface area contributed by atoms with Crippen molar-refractivity contribution in [1.82, 2.24) is 10.1 Å². The summed E-state index contributed by atoms with van der Waals surface area (Å²) in [4.78, 5) is 4.39. The lowest BCUT2D eigenvalue weighted by atomic mass is 10.1. The highest BCUT2D eigenvalue weighted by molar-refractivity contribution is 5.68. The Labute approximate surface area is 191 Å². The van der Waals surface area contributed by atoms with Crippen LogP contribution >= 0.6 is 0 Å². The van der Waals surface area contributed by atoms with Gasteiger partial charge in [-0.25, -0.2) is 0 Å². The summed E-state index contributed by atoms with van der Waals surface area (Å²) in [6, 6.07) is 10.1. The molecule has 32 heavy (non-hydrogen) atoms. The molecule has 2 heterocycles. The van der Waals surface area contributed by atoms with Gasteiger partial charge >= 0.3 is 0 Å². The molecule has 1 aromatic heterocycles. The normalized spacial score (nSPS) is 16.9. The molecule has 1 fully saturated rings. The summed E-state index contributed by atoms with van der Waals surface area (Å²) in [7, 11) is 0. The highest BCUT2D eigenvalue weighted by atomic mass is 16.5. The Bertz CT molecular complexity index is 839. The number of anilines is 1. The van der Waals surface area contributed by atoms with Crippen LogP contribution in [0.25, 0.3) is 11.3 Å². The van der Waals surface area contributed by atoms with E-state index in [-0.39, 0.29) is 19.3 Å². The Balaban J connectivity index is 1.86. The van der Waals surface area contributed by atoms with E-state index in [4.69, 9.17) is 20.4 Å². The minimum Gasteiger partial charge on any atom is -0.389 e. The van der Waals surface area contributed by atoms with E-state index in [1.54, 1.807) is 0 Å². The number of aliphatic hydroxyl groups is 1. The molecular formula is C25H35N3O4. The molecule has 2 atom stereocenters. The number of hydrogen-bond acceptors (Lipinski definition) is 7. The maximum atomic E-state index is 10.6. The molecule has 7 heteroatoms. The third-order valence-electron chi connectivity index (χ3n) is 5.70. The van der Waals surface area contributed by atoms with Gasteiger partial charge in [0.15, 0.2) is 0 Å². The van der Waals surface area contributed by atoms with Crippen molar-refractivity contribution in [3.63, 3.8) is 0 Å². The van der Waals surface area contributed by atoms with Crippen molar-refractivity contribution in [3.05, 3.63) is 35.9 Å². The fourth-order valence-electron chi connectivity index (χ4n) is 4.13. The largest absolute Gasteiger partial charge is 0.389 e. The first kappa shape index (κ1) is 24.3. The third-order valence-corrected chi connectivity index (χ3v) is 5.70. The van der Waals surface area contributed by atoms with Gasteiger partial charge < -0.3 is 24.0 Å². The van der Waals surface area contributed by atoms with Crippen LogP contribution < -0.4 is 4.90 Å². The summed E-state index contributed by atoms with van der Waals surface area (Å²) in [5.74, 6) is 3.22. The minimum atomic E-state index is -0.651. The first-order valence-corrected chi connectivity index (χ1v) is 11.5. The number of aromatic nitrogens is 1. The van der Waals surface area contributed by atoms with Crippen LogP contribution in [0, 0.1) is 12.3 Å². The molecule has 0 radical (unpaired) electrons. The summed E-state index contributed by atoms with van der Waals surface area (Å²) < 4.78 is 17.1. The molecule has 0 bridgehead atoms.